The van der Waals surface area contributed by atoms with E-state index in [1.807, 2.05) is 55.5 Å². The summed E-state index contributed by atoms with van der Waals surface area (Å²) in [5.41, 5.74) is 2.14. The van der Waals surface area contributed by atoms with Gasteiger partial charge in [0.15, 0.2) is 6.10 Å². The molecule has 1 saturated heterocycles. The maximum Gasteiger partial charge on any atom is 0.249 e. The quantitative estimate of drug-likeness (QED) is 0.658. The third kappa shape index (κ3) is 3.41. The van der Waals surface area contributed by atoms with Gasteiger partial charge < -0.3 is 13.9 Å². The van der Waals surface area contributed by atoms with Gasteiger partial charge >= 0.3 is 0 Å². The van der Waals surface area contributed by atoms with Crippen LogP contribution in [0.3, 0.4) is 0 Å². The molecule has 0 N–H and O–H groups in total. The van der Waals surface area contributed by atoms with Crippen LogP contribution in [0.4, 0.5) is 0 Å². The van der Waals surface area contributed by atoms with Crippen LogP contribution in [-0.4, -0.2) is 23.4 Å². The minimum absolute atomic E-state index is 0.0493. The monoisotopic (exact) mass is 350 g/mol. The predicted molar refractivity (Wildman–Crippen MR) is 96.7 cm³/mol. The highest BCUT2D eigenvalue weighted by Crippen LogP contribution is 2.41. The fourth-order valence-electron chi connectivity index (χ4n) is 3.42. The number of hydrogen-bond donors (Lipinski definition) is 0. The molecule has 0 bridgehead atoms. The van der Waals surface area contributed by atoms with Crippen LogP contribution in [0.15, 0.2) is 65.1 Å². The molecule has 0 spiro atoms. The normalized spacial score (nSPS) is 21.0. The zero-order valence-electron chi connectivity index (χ0n) is 14.7. The summed E-state index contributed by atoms with van der Waals surface area (Å²) in [4.78, 5) is 0. The lowest BCUT2D eigenvalue weighted by Gasteiger charge is -2.16. The molecule has 0 saturated carbocycles. The first-order chi connectivity index (χ1) is 12.9. The summed E-state index contributed by atoms with van der Waals surface area (Å²) in [6.07, 6.45) is 0.470. The van der Waals surface area contributed by atoms with Gasteiger partial charge in [-0.25, -0.2) is 0 Å². The third-order valence-corrected chi connectivity index (χ3v) is 4.65. The number of hydrogen-bond acceptors (Lipinski definition) is 5. The van der Waals surface area contributed by atoms with Crippen molar-refractivity contribution in [2.24, 2.45) is 0 Å². The Morgan fingerprint density at radius 1 is 1.04 bits per heavy atom. The van der Waals surface area contributed by atoms with Gasteiger partial charge in [0, 0.05) is 13.2 Å². The van der Waals surface area contributed by atoms with Crippen molar-refractivity contribution >= 4 is 0 Å². The van der Waals surface area contributed by atoms with E-state index in [1.165, 1.54) is 0 Å². The lowest BCUT2D eigenvalue weighted by atomic mass is 9.95. The van der Waals surface area contributed by atoms with E-state index < -0.39 is 0 Å². The van der Waals surface area contributed by atoms with E-state index in [4.69, 9.17) is 13.9 Å². The molecule has 3 atom stereocenters. The van der Waals surface area contributed by atoms with E-state index in [9.17, 15) is 0 Å². The smallest absolute Gasteiger partial charge is 0.249 e. The summed E-state index contributed by atoms with van der Waals surface area (Å²) in [6, 6.07) is 20.2. The van der Waals surface area contributed by atoms with E-state index in [0.29, 0.717) is 25.0 Å². The standard InChI is InChI=1S/C21H22N2O3/c1-2-24-19(16-11-7-4-8-12-16)21-23-22-20(26-21)17-13-14-25-18(17)15-9-5-3-6-10-15/h3-12,17-19H,2,13-14H2,1H3/t17-,18+,19+/m0/s1. The van der Waals surface area contributed by atoms with Crippen LogP contribution in [0.5, 0.6) is 0 Å². The summed E-state index contributed by atoms with van der Waals surface area (Å²) in [6.45, 7) is 3.22. The molecular formula is C21H22N2O3. The van der Waals surface area contributed by atoms with Crippen LogP contribution in [-0.2, 0) is 9.47 Å². The highest BCUT2D eigenvalue weighted by molar-refractivity contribution is 5.24. The first-order valence-corrected chi connectivity index (χ1v) is 9.03. The molecule has 26 heavy (non-hydrogen) atoms. The van der Waals surface area contributed by atoms with Gasteiger partial charge in [-0.15, -0.1) is 10.2 Å². The Balaban J connectivity index is 1.60. The number of benzene rings is 2. The lowest BCUT2D eigenvalue weighted by Crippen LogP contribution is -2.07. The van der Waals surface area contributed by atoms with Crippen molar-refractivity contribution in [2.45, 2.75) is 31.5 Å². The van der Waals surface area contributed by atoms with Crippen molar-refractivity contribution in [2.75, 3.05) is 13.2 Å². The Kier molecular flexibility index (Phi) is 5.09. The fraction of sp³-hybridized carbons (Fsp3) is 0.333. The fourth-order valence-corrected chi connectivity index (χ4v) is 3.42. The summed E-state index contributed by atoms with van der Waals surface area (Å²) >= 11 is 0. The SMILES string of the molecule is CCO[C@H](c1ccccc1)c1nnc([C@H]2CCO[C@@H]2c2ccccc2)o1. The molecule has 1 aliphatic heterocycles. The Morgan fingerprint density at radius 3 is 2.50 bits per heavy atom. The minimum atomic E-state index is -0.347. The maximum absolute atomic E-state index is 6.06. The van der Waals surface area contributed by atoms with Gasteiger partial charge in [-0.3, -0.25) is 0 Å². The number of aromatic nitrogens is 2. The zero-order valence-corrected chi connectivity index (χ0v) is 14.7. The second kappa shape index (κ2) is 7.81. The summed E-state index contributed by atoms with van der Waals surface area (Å²) in [5, 5.41) is 8.61. The molecule has 0 aliphatic carbocycles. The molecule has 3 aromatic rings. The lowest BCUT2D eigenvalue weighted by molar-refractivity contribution is 0.0682. The Hall–Kier alpha value is -2.50. The van der Waals surface area contributed by atoms with Crippen LogP contribution in [0.25, 0.3) is 0 Å². The number of nitrogens with zero attached hydrogens (tertiary/aromatic N) is 2. The second-order valence-corrected chi connectivity index (χ2v) is 6.32. The highest BCUT2D eigenvalue weighted by Gasteiger charge is 2.35. The van der Waals surface area contributed by atoms with Gasteiger partial charge in [0.2, 0.25) is 11.8 Å². The molecule has 1 aromatic heterocycles. The Bertz CT molecular complexity index is 820. The Labute approximate surface area is 153 Å². The van der Waals surface area contributed by atoms with Gasteiger partial charge in [-0.05, 0) is 24.5 Å². The second-order valence-electron chi connectivity index (χ2n) is 6.32. The van der Waals surface area contributed by atoms with E-state index in [1.54, 1.807) is 0 Å². The van der Waals surface area contributed by atoms with Crippen molar-refractivity contribution in [3.05, 3.63) is 83.6 Å². The van der Waals surface area contributed by atoms with Crippen LogP contribution in [0.1, 0.15) is 54.4 Å². The summed E-state index contributed by atoms with van der Waals surface area (Å²) in [7, 11) is 0. The molecule has 2 aromatic carbocycles. The van der Waals surface area contributed by atoms with E-state index in [-0.39, 0.29) is 18.1 Å². The average molecular weight is 350 g/mol. The average Bonchev–Trinajstić information content (AvgIpc) is 3.37. The van der Waals surface area contributed by atoms with Crippen LogP contribution >= 0.6 is 0 Å². The van der Waals surface area contributed by atoms with Crippen molar-refractivity contribution in [3.63, 3.8) is 0 Å². The van der Waals surface area contributed by atoms with Crippen LogP contribution < -0.4 is 0 Å². The molecule has 1 fully saturated rings. The Morgan fingerprint density at radius 2 is 1.77 bits per heavy atom. The molecule has 1 aliphatic rings. The van der Waals surface area contributed by atoms with E-state index in [2.05, 4.69) is 22.3 Å². The van der Waals surface area contributed by atoms with Crippen molar-refractivity contribution in [1.29, 1.82) is 0 Å². The molecule has 0 unspecified atom stereocenters. The van der Waals surface area contributed by atoms with Crippen molar-refractivity contribution in [3.8, 4) is 0 Å². The van der Waals surface area contributed by atoms with Crippen molar-refractivity contribution in [1.82, 2.24) is 10.2 Å². The van der Waals surface area contributed by atoms with Gasteiger partial charge in [0.1, 0.15) is 0 Å². The van der Waals surface area contributed by atoms with Gasteiger partial charge in [-0.1, -0.05) is 60.7 Å². The number of ether oxygens (including phenoxy) is 2. The molecule has 5 heteroatoms. The van der Waals surface area contributed by atoms with Gasteiger partial charge in [0.25, 0.3) is 0 Å². The maximum atomic E-state index is 6.06. The highest BCUT2D eigenvalue weighted by atomic mass is 16.5. The van der Waals surface area contributed by atoms with Crippen LogP contribution in [0.2, 0.25) is 0 Å². The minimum Gasteiger partial charge on any atom is -0.422 e. The van der Waals surface area contributed by atoms with E-state index in [0.717, 1.165) is 17.5 Å². The largest absolute Gasteiger partial charge is 0.422 e. The predicted octanol–water partition coefficient (Wildman–Crippen LogP) is 4.44. The van der Waals surface area contributed by atoms with Gasteiger partial charge in [0.05, 0.1) is 12.0 Å². The molecular weight excluding hydrogens is 328 g/mol. The molecule has 0 amide bonds. The molecule has 5 nitrogen and oxygen atoms in total. The first kappa shape index (κ1) is 16.9. The topological polar surface area (TPSA) is 57.4 Å². The molecule has 2 heterocycles. The zero-order chi connectivity index (χ0) is 17.8. The number of rotatable bonds is 6. The van der Waals surface area contributed by atoms with Gasteiger partial charge in [-0.2, -0.15) is 0 Å². The van der Waals surface area contributed by atoms with E-state index >= 15 is 0 Å². The first-order valence-electron chi connectivity index (χ1n) is 9.03. The summed E-state index contributed by atoms with van der Waals surface area (Å²) < 4.78 is 17.9. The third-order valence-electron chi connectivity index (χ3n) is 4.65. The molecule has 0 radical (unpaired) electrons. The molecule has 134 valence electrons. The summed E-state index contributed by atoms with van der Waals surface area (Å²) in [5.74, 6) is 1.18. The van der Waals surface area contributed by atoms with Crippen molar-refractivity contribution < 1.29 is 13.9 Å². The van der Waals surface area contributed by atoms with Crippen LogP contribution in [0, 0.1) is 0 Å². The molecule has 4 rings (SSSR count).